The van der Waals surface area contributed by atoms with Crippen LogP contribution in [-0.4, -0.2) is 15.3 Å². The number of pyridine rings is 1. The molecular formula is C17H16N2O4. The first-order chi connectivity index (χ1) is 11.0. The summed E-state index contributed by atoms with van der Waals surface area (Å²) >= 11 is 0. The van der Waals surface area contributed by atoms with Crippen LogP contribution < -0.4 is 5.56 Å². The molecule has 0 atom stereocenters. The molecular weight excluding hydrogens is 296 g/mol. The highest BCUT2D eigenvalue weighted by Crippen LogP contribution is 2.22. The zero-order chi connectivity index (χ0) is 16.4. The van der Waals surface area contributed by atoms with Gasteiger partial charge < -0.3 is 4.57 Å². The van der Waals surface area contributed by atoms with Gasteiger partial charge in [-0.05, 0) is 42.9 Å². The third-order valence-electron chi connectivity index (χ3n) is 4.16. The molecule has 0 N–H and O–H groups in total. The van der Waals surface area contributed by atoms with Gasteiger partial charge in [-0.25, -0.2) is 0 Å². The maximum Gasteiger partial charge on any atom is 0.285 e. The molecule has 0 aliphatic heterocycles. The second-order valence-corrected chi connectivity index (χ2v) is 5.72. The quantitative estimate of drug-likeness (QED) is 0.493. The number of aryl methyl sites for hydroxylation is 2. The Morgan fingerprint density at radius 1 is 1.13 bits per heavy atom. The average molecular weight is 312 g/mol. The van der Waals surface area contributed by atoms with E-state index in [9.17, 15) is 19.7 Å². The molecule has 1 aliphatic rings. The number of rotatable bonds is 4. The van der Waals surface area contributed by atoms with Crippen LogP contribution in [0.15, 0.2) is 41.3 Å². The number of nitro groups is 1. The largest absolute Gasteiger partial charge is 0.301 e. The molecule has 1 aromatic carbocycles. The van der Waals surface area contributed by atoms with E-state index in [0.29, 0.717) is 5.56 Å². The van der Waals surface area contributed by atoms with Gasteiger partial charge in [0.2, 0.25) is 0 Å². The number of Topliss-reactive ketones (excluding diaryl/α,β-unsaturated/α-hetero) is 1. The third kappa shape index (κ3) is 3.21. The van der Waals surface area contributed by atoms with Crippen molar-refractivity contribution in [2.45, 2.75) is 32.2 Å². The fourth-order valence-corrected chi connectivity index (χ4v) is 2.90. The molecule has 0 fully saturated rings. The van der Waals surface area contributed by atoms with Gasteiger partial charge in [0, 0.05) is 17.7 Å². The minimum absolute atomic E-state index is 0.195. The molecule has 0 unspecified atom stereocenters. The van der Waals surface area contributed by atoms with Gasteiger partial charge in [0.25, 0.3) is 11.2 Å². The lowest BCUT2D eigenvalue weighted by atomic mass is 9.90. The molecule has 0 amide bonds. The highest BCUT2D eigenvalue weighted by Gasteiger charge is 2.15. The topological polar surface area (TPSA) is 82.2 Å². The minimum atomic E-state index is -0.584. The molecule has 1 heterocycles. The summed E-state index contributed by atoms with van der Waals surface area (Å²) in [4.78, 5) is 34.4. The van der Waals surface area contributed by atoms with Crippen LogP contribution in [0.4, 0.5) is 5.69 Å². The van der Waals surface area contributed by atoms with Crippen molar-refractivity contribution in [3.63, 3.8) is 0 Å². The van der Waals surface area contributed by atoms with Gasteiger partial charge in [-0.3, -0.25) is 19.7 Å². The maximum atomic E-state index is 12.4. The molecule has 0 saturated heterocycles. The molecule has 23 heavy (non-hydrogen) atoms. The predicted molar refractivity (Wildman–Crippen MR) is 84.8 cm³/mol. The van der Waals surface area contributed by atoms with Crippen LogP contribution >= 0.6 is 0 Å². The Bertz CT molecular complexity index is 839. The lowest BCUT2D eigenvalue weighted by Crippen LogP contribution is -2.23. The lowest BCUT2D eigenvalue weighted by molar-refractivity contribution is -0.385. The Labute approximate surface area is 132 Å². The van der Waals surface area contributed by atoms with Gasteiger partial charge in [0.15, 0.2) is 5.78 Å². The fourth-order valence-electron chi connectivity index (χ4n) is 2.90. The number of hydrogen-bond acceptors (Lipinski definition) is 4. The van der Waals surface area contributed by atoms with Crippen LogP contribution in [0.2, 0.25) is 0 Å². The molecule has 6 heteroatoms. The van der Waals surface area contributed by atoms with Crippen LogP contribution in [0.5, 0.6) is 0 Å². The van der Waals surface area contributed by atoms with Crippen molar-refractivity contribution in [3.8, 4) is 0 Å². The van der Waals surface area contributed by atoms with Gasteiger partial charge in [-0.15, -0.1) is 0 Å². The zero-order valence-electron chi connectivity index (χ0n) is 12.5. The van der Waals surface area contributed by atoms with Crippen molar-refractivity contribution < 1.29 is 9.72 Å². The fraction of sp³-hybridized carbons (Fsp3) is 0.294. The number of benzene rings is 1. The van der Waals surface area contributed by atoms with Crippen LogP contribution in [0, 0.1) is 10.1 Å². The van der Waals surface area contributed by atoms with E-state index in [1.54, 1.807) is 6.07 Å². The Morgan fingerprint density at radius 2 is 1.87 bits per heavy atom. The Morgan fingerprint density at radius 3 is 2.61 bits per heavy atom. The molecule has 3 rings (SSSR count). The van der Waals surface area contributed by atoms with Gasteiger partial charge in [-0.1, -0.05) is 12.1 Å². The Balaban J connectivity index is 1.86. The smallest absolute Gasteiger partial charge is 0.285 e. The normalized spacial score (nSPS) is 13.4. The number of hydrogen-bond donors (Lipinski definition) is 0. The van der Waals surface area contributed by atoms with E-state index in [1.165, 1.54) is 17.5 Å². The first-order valence-corrected chi connectivity index (χ1v) is 7.54. The van der Waals surface area contributed by atoms with Crippen molar-refractivity contribution >= 4 is 11.5 Å². The first kappa shape index (κ1) is 15.1. The van der Waals surface area contributed by atoms with Gasteiger partial charge in [-0.2, -0.15) is 0 Å². The number of ketones is 1. The molecule has 0 spiro atoms. The number of carbonyl (C=O) groups excluding carboxylic acids is 1. The number of aromatic nitrogens is 1. The predicted octanol–water partition coefficient (Wildman–Crippen LogP) is 2.52. The van der Waals surface area contributed by atoms with Crippen LogP contribution in [0.25, 0.3) is 0 Å². The summed E-state index contributed by atoms with van der Waals surface area (Å²) in [6, 6.07) is 7.88. The molecule has 0 radical (unpaired) electrons. The zero-order valence-corrected chi connectivity index (χ0v) is 12.5. The van der Waals surface area contributed by atoms with E-state index in [4.69, 9.17) is 0 Å². The molecule has 2 aromatic rings. The molecule has 118 valence electrons. The number of fused-ring (bicyclic) bond motifs is 1. The summed E-state index contributed by atoms with van der Waals surface area (Å²) in [5.74, 6) is -0.221. The summed E-state index contributed by atoms with van der Waals surface area (Å²) in [6.45, 7) is -0.195. The standard InChI is InChI=1S/C17H16N2O4/c20-16(11-18-10-15(19(22)23)7-8-17(18)21)14-6-5-12-3-1-2-4-13(12)9-14/h5-10H,1-4,11H2. The second-order valence-electron chi connectivity index (χ2n) is 5.72. The molecule has 1 aliphatic carbocycles. The third-order valence-corrected chi connectivity index (χ3v) is 4.16. The van der Waals surface area contributed by atoms with E-state index in [2.05, 4.69) is 0 Å². The highest BCUT2D eigenvalue weighted by molar-refractivity contribution is 5.96. The SMILES string of the molecule is O=C(Cn1cc([N+](=O)[O-])ccc1=O)c1ccc2c(c1)CCCC2. The number of carbonyl (C=O) groups is 1. The van der Waals surface area contributed by atoms with Crippen LogP contribution in [-0.2, 0) is 19.4 Å². The van der Waals surface area contributed by atoms with E-state index < -0.39 is 10.5 Å². The van der Waals surface area contributed by atoms with Gasteiger partial charge in [0.05, 0.1) is 17.7 Å². The van der Waals surface area contributed by atoms with Crippen molar-refractivity contribution in [1.29, 1.82) is 0 Å². The van der Waals surface area contributed by atoms with Crippen LogP contribution in [0.1, 0.15) is 34.3 Å². The number of nitrogens with zero attached hydrogens (tertiary/aromatic N) is 2. The summed E-state index contributed by atoms with van der Waals surface area (Å²) in [5, 5.41) is 10.8. The van der Waals surface area contributed by atoms with E-state index in [-0.39, 0.29) is 18.0 Å². The molecule has 0 saturated carbocycles. The summed E-state index contributed by atoms with van der Waals surface area (Å²) in [6.07, 6.45) is 5.40. The Hall–Kier alpha value is -2.76. The van der Waals surface area contributed by atoms with Gasteiger partial charge >= 0.3 is 0 Å². The van der Waals surface area contributed by atoms with Crippen LogP contribution in [0.3, 0.4) is 0 Å². The summed E-state index contributed by atoms with van der Waals surface area (Å²) < 4.78 is 1.08. The summed E-state index contributed by atoms with van der Waals surface area (Å²) in [7, 11) is 0. The van der Waals surface area contributed by atoms with E-state index in [0.717, 1.165) is 42.2 Å². The van der Waals surface area contributed by atoms with Gasteiger partial charge in [0.1, 0.15) is 0 Å². The monoisotopic (exact) mass is 312 g/mol. The first-order valence-electron chi connectivity index (χ1n) is 7.54. The van der Waals surface area contributed by atoms with Crippen molar-refractivity contribution in [2.75, 3.05) is 0 Å². The highest BCUT2D eigenvalue weighted by atomic mass is 16.6. The molecule has 0 bridgehead atoms. The van der Waals surface area contributed by atoms with E-state index in [1.807, 2.05) is 12.1 Å². The van der Waals surface area contributed by atoms with E-state index >= 15 is 0 Å². The minimum Gasteiger partial charge on any atom is -0.301 e. The Kier molecular flexibility index (Phi) is 4.06. The molecule has 1 aromatic heterocycles. The maximum absolute atomic E-state index is 12.4. The lowest BCUT2D eigenvalue weighted by Gasteiger charge is -2.16. The molecule has 6 nitrogen and oxygen atoms in total. The van der Waals surface area contributed by atoms with Crippen molar-refractivity contribution in [1.82, 2.24) is 4.57 Å². The summed E-state index contributed by atoms with van der Waals surface area (Å²) in [5.41, 5.74) is 2.38. The van der Waals surface area contributed by atoms with Crippen molar-refractivity contribution in [2.24, 2.45) is 0 Å². The average Bonchev–Trinajstić information content (AvgIpc) is 2.56. The van der Waals surface area contributed by atoms with Crippen molar-refractivity contribution in [3.05, 3.63) is 73.7 Å². The second kappa shape index (κ2) is 6.16.